The van der Waals surface area contributed by atoms with E-state index < -0.39 is 0 Å². The number of hydrogen-bond donors (Lipinski definition) is 1. The monoisotopic (exact) mass is 409 g/mol. The molecule has 3 fully saturated rings. The zero-order valence-electron chi connectivity index (χ0n) is 17.6. The second-order valence-corrected chi connectivity index (χ2v) is 9.22. The molecule has 7 nitrogen and oxygen atoms in total. The number of nitrogens with one attached hydrogen (secondary N) is 1. The molecule has 7 heteroatoms. The van der Waals surface area contributed by atoms with Crippen molar-refractivity contribution in [3.8, 4) is 0 Å². The van der Waals surface area contributed by atoms with Gasteiger partial charge < -0.3 is 4.90 Å². The SMILES string of the molecule is O=C1CCN(c2cnn3ccc(CC4CCN(CCC5CCC5)CC4)cc23)C(=O)N1. The van der Waals surface area contributed by atoms with E-state index in [1.807, 2.05) is 10.7 Å². The van der Waals surface area contributed by atoms with Crippen LogP contribution in [0.25, 0.3) is 5.52 Å². The summed E-state index contributed by atoms with van der Waals surface area (Å²) in [6.45, 7) is 4.12. The summed E-state index contributed by atoms with van der Waals surface area (Å²) in [5.41, 5.74) is 2.99. The fourth-order valence-electron chi connectivity index (χ4n) is 5.03. The molecule has 2 saturated heterocycles. The van der Waals surface area contributed by atoms with E-state index in [2.05, 4.69) is 27.4 Å². The van der Waals surface area contributed by atoms with E-state index in [0.29, 0.717) is 13.0 Å². The third-order valence-electron chi connectivity index (χ3n) is 7.22. The Balaban J connectivity index is 1.21. The van der Waals surface area contributed by atoms with Crippen molar-refractivity contribution >= 4 is 23.1 Å². The van der Waals surface area contributed by atoms with Crippen molar-refractivity contribution in [1.82, 2.24) is 19.8 Å². The first-order valence-electron chi connectivity index (χ1n) is 11.5. The Morgan fingerprint density at radius 2 is 1.90 bits per heavy atom. The molecule has 0 atom stereocenters. The van der Waals surface area contributed by atoms with Crippen molar-refractivity contribution in [2.45, 2.75) is 51.4 Å². The molecule has 1 N–H and O–H groups in total. The number of nitrogens with zero attached hydrogens (tertiary/aromatic N) is 4. The quantitative estimate of drug-likeness (QED) is 0.795. The molecule has 0 unspecified atom stereocenters. The summed E-state index contributed by atoms with van der Waals surface area (Å²) in [4.78, 5) is 28.0. The Labute approximate surface area is 177 Å². The van der Waals surface area contributed by atoms with Crippen LogP contribution in [0.4, 0.5) is 10.5 Å². The predicted octanol–water partition coefficient (Wildman–Crippen LogP) is 3.23. The Morgan fingerprint density at radius 1 is 1.07 bits per heavy atom. The highest BCUT2D eigenvalue weighted by Gasteiger charge is 2.27. The molecule has 0 bridgehead atoms. The van der Waals surface area contributed by atoms with E-state index in [4.69, 9.17) is 0 Å². The number of piperidine rings is 1. The number of carbonyl (C=O) groups is 2. The molecule has 0 aromatic carbocycles. The zero-order valence-corrected chi connectivity index (χ0v) is 17.6. The van der Waals surface area contributed by atoms with Crippen molar-refractivity contribution in [2.24, 2.45) is 11.8 Å². The number of fused-ring (bicyclic) bond motifs is 1. The van der Waals surface area contributed by atoms with E-state index in [1.165, 1.54) is 63.7 Å². The maximum Gasteiger partial charge on any atom is 0.328 e. The summed E-state index contributed by atoms with van der Waals surface area (Å²) in [6.07, 6.45) is 13.3. The fourth-order valence-corrected chi connectivity index (χ4v) is 5.03. The van der Waals surface area contributed by atoms with E-state index in [-0.39, 0.29) is 11.9 Å². The molecule has 3 aliphatic rings. The van der Waals surface area contributed by atoms with Gasteiger partial charge in [-0.3, -0.25) is 15.0 Å². The molecule has 1 aliphatic carbocycles. The highest BCUT2D eigenvalue weighted by Crippen LogP contribution is 2.31. The highest BCUT2D eigenvalue weighted by atomic mass is 16.2. The van der Waals surface area contributed by atoms with Crippen LogP contribution < -0.4 is 10.2 Å². The smallest absolute Gasteiger partial charge is 0.303 e. The molecular weight excluding hydrogens is 378 g/mol. The number of rotatable bonds is 6. The van der Waals surface area contributed by atoms with Gasteiger partial charge in [-0.05, 0) is 74.8 Å². The molecule has 160 valence electrons. The molecule has 2 aliphatic heterocycles. The number of pyridine rings is 1. The van der Waals surface area contributed by atoms with Gasteiger partial charge in [-0.15, -0.1) is 0 Å². The minimum Gasteiger partial charge on any atom is -0.303 e. The van der Waals surface area contributed by atoms with Gasteiger partial charge in [-0.1, -0.05) is 19.3 Å². The molecule has 0 radical (unpaired) electrons. The van der Waals surface area contributed by atoms with Crippen LogP contribution in [0.1, 0.15) is 50.5 Å². The first kappa shape index (κ1) is 19.5. The average molecular weight is 410 g/mol. The van der Waals surface area contributed by atoms with E-state index in [9.17, 15) is 9.59 Å². The molecular formula is C23H31N5O2. The summed E-state index contributed by atoms with van der Waals surface area (Å²) in [5, 5.41) is 6.79. The molecule has 2 aromatic heterocycles. The van der Waals surface area contributed by atoms with Crippen LogP contribution >= 0.6 is 0 Å². The second-order valence-electron chi connectivity index (χ2n) is 9.22. The fraction of sp³-hybridized carbons (Fsp3) is 0.609. The number of carbonyl (C=O) groups excluding carboxylic acids is 2. The second kappa shape index (κ2) is 8.38. The molecule has 2 aromatic rings. The van der Waals surface area contributed by atoms with Crippen LogP contribution in [0, 0.1) is 11.8 Å². The summed E-state index contributed by atoms with van der Waals surface area (Å²) in [7, 11) is 0. The topological polar surface area (TPSA) is 70.0 Å². The third-order valence-corrected chi connectivity index (χ3v) is 7.22. The van der Waals surface area contributed by atoms with E-state index in [0.717, 1.165) is 29.5 Å². The standard InChI is InChI=1S/C23H31N5O2/c29-22-8-12-27(23(30)25-22)21-16-24-28-13-7-19(15-20(21)28)14-18-5-10-26(11-6-18)9-4-17-2-1-3-17/h7,13,15-18H,1-6,8-12,14H2,(H,25,29,30). The van der Waals surface area contributed by atoms with Crippen LogP contribution in [0.15, 0.2) is 24.5 Å². The molecule has 4 heterocycles. The average Bonchev–Trinajstić information content (AvgIpc) is 3.11. The normalized spacial score (nSPS) is 21.8. The number of urea groups is 1. The Bertz CT molecular complexity index is 927. The lowest BCUT2D eigenvalue weighted by molar-refractivity contribution is -0.120. The van der Waals surface area contributed by atoms with Crippen LogP contribution in [0.5, 0.6) is 0 Å². The summed E-state index contributed by atoms with van der Waals surface area (Å²) in [5.74, 6) is 1.50. The summed E-state index contributed by atoms with van der Waals surface area (Å²) >= 11 is 0. The van der Waals surface area contributed by atoms with Gasteiger partial charge in [0.2, 0.25) is 5.91 Å². The Kier molecular flexibility index (Phi) is 5.46. The van der Waals surface area contributed by atoms with E-state index in [1.54, 1.807) is 11.1 Å². The maximum absolute atomic E-state index is 12.2. The minimum absolute atomic E-state index is 0.215. The lowest BCUT2D eigenvalue weighted by Gasteiger charge is -2.34. The zero-order chi connectivity index (χ0) is 20.5. The molecule has 0 spiro atoms. The van der Waals surface area contributed by atoms with Crippen molar-refractivity contribution in [2.75, 3.05) is 31.1 Å². The molecule has 5 rings (SSSR count). The highest BCUT2D eigenvalue weighted by molar-refractivity contribution is 6.07. The molecule has 30 heavy (non-hydrogen) atoms. The first-order chi connectivity index (χ1) is 14.7. The number of aromatic nitrogens is 2. The Hall–Kier alpha value is -2.41. The van der Waals surface area contributed by atoms with Gasteiger partial charge in [0.15, 0.2) is 0 Å². The summed E-state index contributed by atoms with van der Waals surface area (Å²) < 4.78 is 1.81. The Morgan fingerprint density at radius 3 is 2.63 bits per heavy atom. The lowest BCUT2D eigenvalue weighted by Crippen LogP contribution is -2.49. The number of likely N-dealkylation sites (tertiary alicyclic amines) is 1. The van der Waals surface area contributed by atoms with Gasteiger partial charge in [-0.25, -0.2) is 9.31 Å². The van der Waals surface area contributed by atoms with Crippen molar-refractivity contribution in [1.29, 1.82) is 0 Å². The predicted molar refractivity (Wildman–Crippen MR) is 116 cm³/mol. The lowest BCUT2D eigenvalue weighted by atomic mass is 9.82. The number of imide groups is 1. The van der Waals surface area contributed by atoms with Crippen LogP contribution in [-0.4, -0.2) is 52.6 Å². The van der Waals surface area contributed by atoms with Gasteiger partial charge in [0.05, 0.1) is 17.4 Å². The van der Waals surface area contributed by atoms with Gasteiger partial charge in [0.1, 0.15) is 0 Å². The minimum atomic E-state index is -0.360. The number of amides is 3. The maximum atomic E-state index is 12.2. The summed E-state index contributed by atoms with van der Waals surface area (Å²) in [6, 6.07) is 3.95. The van der Waals surface area contributed by atoms with Gasteiger partial charge >= 0.3 is 6.03 Å². The van der Waals surface area contributed by atoms with Gasteiger partial charge in [-0.2, -0.15) is 5.10 Å². The van der Waals surface area contributed by atoms with Gasteiger partial charge in [0, 0.05) is 19.2 Å². The largest absolute Gasteiger partial charge is 0.328 e. The third kappa shape index (κ3) is 4.08. The van der Waals surface area contributed by atoms with Crippen LogP contribution in [0.3, 0.4) is 0 Å². The number of anilines is 1. The van der Waals surface area contributed by atoms with Gasteiger partial charge in [0.25, 0.3) is 0 Å². The van der Waals surface area contributed by atoms with Crippen LogP contribution in [0.2, 0.25) is 0 Å². The van der Waals surface area contributed by atoms with Crippen molar-refractivity contribution in [3.05, 3.63) is 30.1 Å². The van der Waals surface area contributed by atoms with Crippen molar-refractivity contribution in [3.63, 3.8) is 0 Å². The van der Waals surface area contributed by atoms with Crippen LogP contribution in [-0.2, 0) is 11.2 Å². The molecule has 1 saturated carbocycles. The first-order valence-corrected chi connectivity index (χ1v) is 11.5. The van der Waals surface area contributed by atoms with Crippen molar-refractivity contribution < 1.29 is 9.59 Å². The number of hydrogen-bond acceptors (Lipinski definition) is 4. The van der Waals surface area contributed by atoms with E-state index >= 15 is 0 Å². The molecule has 3 amide bonds.